The summed E-state index contributed by atoms with van der Waals surface area (Å²) in [7, 11) is 0. The lowest BCUT2D eigenvalue weighted by Crippen LogP contribution is -1.97. The van der Waals surface area contributed by atoms with Crippen molar-refractivity contribution in [2.75, 3.05) is 6.67 Å². The van der Waals surface area contributed by atoms with Gasteiger partial charge in [-0.2, -0.15) is 0 Å². The van der Waals surface area contributed by atoms with Gasteiger partial charge in [0.05, 0.1) is 6.67 Å². The summed E-state index contributed by atoms with van der Waals surface area (Å²) in [6.45, 7) is 6.44. The highest BCUT2D eigenvalue weighted by Crippen LogP contribution is 2.27. The Morgan fingerprint density at radius 2 is 2.33 bits per heavy atom. The largest absolute Gasteiger partial charge is 0.314 e. The zero-order chi connectivity index (χ0) is 6.69. The quantitative estimate of drug-likeness (QED) is 0.475. The molecule has 2 unspecified atom stereocenters. The van der Waals surface area contributed by atoms with Crippen molar-refractivity contribution in [3.63, 3.8) is 0 Å². The minimum atomic E-state index is -0.230. The fraction of sp³-hybridized carbons (Fsp3) is 0.857. The Labute approximate surface area is 54.7 Å². The maximum atomic E-state index is 11.9. The SMILES string of the molecule is [C-]#[N+]C1CCC(CF)C1. The first kappa shape index (κ1) is 6.54. The van der Waals surface area contributed by atoms with Crippen LogP contribution in [0.25, 0.3) is 4.85 Å². The van der Waals surface area contributed by atoms with Gasteiger partial charge in [0.15, 0.2) is 0 Å². The van der Waals surface area contributed by atoms with Crippen LogP contribution in [0.1, 0.15) is 19.3 Å². The Morgan fingerprint density at radius 3 is 2.67 bits per heavy atom. The van der Waals surface area contributed by atoms with Crippen molar-refractivity contribution in [2.24, 2.45) is 5.92 Å². The van der Waals surface area contributed by atoms with Crippen molar-refractivity contribution < 1.29 is 4.39 Å². The minimum absolute atomic E-state index is 0.130. The lowest BCUT2D eigenvalue weighted by molar-refractivity contribution is 0.367. The summed E-state index contributed by atoms with van der Waals surface area (Å²) in [6.07, 6.45) is 2.63. The van der Waals surface area contributed by atoms with Crippen LogP contribution in [0.2, 0.25) is 0 Å². The van der Waals surface area contributed by atoms with E-state index in [1.807, 2.05) is 0 Å². The predicted molar refractivity (Wildman–Crippen MR) is 33.7 cm³/mol. The van der Waals surface area contributed by atoms with Gasteiger partial charge in [-0.3, -0.25) is 4.39 Å². The molecule has 0 aromatic rings. The second-order valence-corrected chi connectivity index (χ2v) is 2.62. The summed E-state index contributed by atoms with van der Waals surface area (Å²) in [5.74, 6) is 0.198. The van der Waals surface area contributed by atoms with Crippen molar-refractivity contribution in [1.29, 1.82) is 0 Å². The molecule has 0 aliphatic heterocycles. The molecule has 0 bridgehead atoms. The summed E-state index contributed by atoms with van der Waals surface area (Å²) in [5.41, 5.74) is 0. The molecule has 2 atom stereocenters. The molecule has 1 aliphatic rings. The van der Waals surface area contributed by atoms with Gasteiger partial charge in [0.1, 0.15) is 0 Å². The van der Waals surface area contributed by atoms with Crippen LogP contribution in [-0.2, 0) is 0 Å². The third-order valence-electron chi connectivity index (χ3n) is 1.91. The van der Waals surface area contributed by atoms with Crippen LogP contribution >= 0.6 is 0 Å². The molecule has 1 saturated carbocycles. The third-order valence-corrected chi connectivity index (χ3v) is 1.91. The van der Waals surface area contributed by atoms with E-state index in [9.17, 15) is 4.39 Å². The molecule has 0 heterocycles. The van der Waals surface area contributed by atoms with Crippen LogP contribution < -0.4 is 0 Å². The van der Waals surface area contributed by atoms with Gasteiger partial charge >= 0.3 is 0 Å². The number of alkyl halides is 1. The second kappa shape index (κ2) is 2.82. The summed E-state index contributed by atoms with van der Waals surface area (Å²) in [6, 6.07) is 0.130. The van der Waals surface area contributed by atoms with Crippen molar-refractivity contribution >= 4 is 0 Å². The van der Waals surface area contributed by atoms with Gasteiger partial charge in [0, 0.05) is 12.8 Å². The maximum absolute atomic E-state index is 11.9. The van der Waals surface area contributed by atoms with Crippen LogP contribution in [0.4, 0.5) is 4.39 Å². The smallest absolute Gasteiger partial charge is 0.224 e. The molecule has 1 aliphatic carbocycles. The highest BCUT2D eigenvalue weighted by Gasteiger charge is 2.27. The number of halogens is 1. The molecule has 0 amide bonds. The normalized spacial score (nSPS) is 34.2. The van der Waals surface area contributed by atoms with E-state index >= 15 is 0 Å². The van der Waals surface area contributed by atoms with Crippen LogP contribution in [-0.4, -0.2) is 12.7 Å². The number of nitrogens with zero attached hydrogens (tertiary/aromatic N) is 1. The number of hydrogen-bond acceptors (Lipinski definition) is 0. The molecule has 0 spiro atoms. The topological polar surface area (TPSA) is 4.36 Å². The Hall–Kier alpha value is -0.580. The Balaban J connectivity index is 2.31. The van der Waals surface area contributed by atoms with Gasteiger partial charge in [-0.1, -0.05) is 0 Å². The zero-order valence-corrected chi connectivity index (χ0v) is 5.31. The summed E-state index contributed by atoms with van der Waals surface area (Å²) in [4.78, 5) is 3.37. The molecule has 0 N–H and O–H groups in total. The van der Waals surface area contributed by atoms with E-state index < -0.39 is 0 Å². The van der Waals surface area contributed by atoms with Crippen LogP contribution in [0.5, 0.6) is 0 Å². The third kappa shape index (κ3) is 1.41. The van der Waals surface area contributed by atoms with Gasteiger partial charge in [0.2, 0.25) is 6.04 Å². The lowest BCUT2D eigenvalue weighted by atomic mass is 10.1. The van der Waals surface area contributed by atoms with Crippen LogP contribution in [0.3, 0.4) is 0 Å². The Morgan fingerprint density at radius 1 is 1.56 bits per heavy atom. The van der Waals surface area contributed by atoms with Crippen LogP contribution in [0.15, 0.2) is 0 Å². The molecular formula is C7H10FN. The molecule has 1 fully saturated rings. The Bertz CT molecular complexity index is 127. The van der Waals surface area contributed by atoms with E-state index in [1.54, 1.807) is 0 Å². The van der Waals surface area contributed by atoms with Gasteiger partial charge in [0.25, 0.3) is 0 Å². The van der Waals surface area contributed by atoms with Gasteiger partial charge < -0.3 is 4.85 Å². The van der Waals surface area contributed by atoms with Crippen molar-refractivity contribution in [3.8, 4) is 0 Å². The summed E-state index contributed by atoms with van der Waals surface area (Å²) >= 11 is 0. The van der Waals surface area contributed by atoms with E-state index in [1.165, 1.54) is 0 Å². The second-order valence-electron chi connectivity index (χ2n) is 2.62. The van der Waals surface area contributed by atoms with E-state index in [4.69, 9.17) is 6.57 Å². The molecule has 9 heavy (non-hydrogen) atoms. The zero-order valence-electron chi connectivity index (χ0n) is 5.31. The molecule has 0 radical (unpaired) electrons. The monoisotopic (exact) mass is 127 g/mol. The Kier molecular flexibility index (Phi) is 2.05. The predicted octanol–water partition coefficient (Wildman–Crippen LogP) is 2.04. The van der Waals surface area contributed by atoms with E-state index in [-0.39, 0.29) is 18.6 Å². The average molecular weight is 127 g/mol. The number of hydrogen-bond donors (Lipinski definition) is 0. The molecule has 1 nitrogen and oxygen atoms in total. The molecule has 0 aromatic heterocycles. The van der Waals surface area contributed by atoms with Crippen molar-refractivity contribution in [1.82, 2.24) is 0 Å². The molecular weight excluding hydrogens is 117 g/mol. The fourth-order valence-corrected chi connectivity index (χ4v) is 1.31. The summed E-state index contributed by atoms with van der Waals surface area (Å²) < 4.78 is 11.9. The summed E-state index contributed by atoms with van der Waals surface area (Å²) in [5, 5.41) is 0. The molecule has 2 heteroatoms. The van der Waals surface area contributed by atoms with Crippen LogP contribution in [0, 0.1) is 12.5 Å². The molecule has 0 aromatic carbocycles. The molecule has 0 saturated heterocycles. The first-order valence-electron chi connectivity index (χ1n) is 3.29. The highest BCUT2D eigenvalue weighted by molar-refractivity contribution is 4.87. The first-order chi connectivity index (χ1) is 4.36. The first-order valence-corrected chi connectivity index (χ1v) is 3.29. The minimum Gasteiger partial charge on any atom is -0.314 e. The van der Waals surface area contributed by atoms with E-state index in [0.717, 1.165) is 19.3 Å². The maximum Gasteiger partial charge on any atom is 0.224 e. The molecule has 50 valence electrons. The van der Waals surface area contributed by atoms with Crippen molar-refractivity contribution in [2.45, 2.75) is 25.3 Å². The lowest BCUT2D eigenvalue weighted by Gasteiger charge is -1.96. The van der Waals surface area contributed by atoms with Gasteiger partial charge in [-0.05, 0) is 12.3 Å². The van der Waals surface area contributed by atoms with Gasteiger partial charge in [-0.25, -0.2) is 6.57 Å². The highest BCUT2D eigenvalue weighted by atomic mass is 19.1. The van der Waals surface area contributed by atoms with Gasteiger partial charge in [-0.15, -0.1) is 0 Å². The average Bonchev–Trinajstić information content (AvgIpc) is 2.34. The van der Waals surface area contributed by atoms with E-state index in [0.29, 0.717) is 0 Å². The number of rotatable bonds is 1. The van der Waals surface area contributed by atoms with E-state index in [2.05, 4.69) is 4.85 Å². The fourth-order valence-electron chi connectivity index (χ4n) is 1.31. The molecule has 1 rings (SSSR count). The van der Waals surface area contributed by atoms with Crippen molar-refractivity contribution in [3.05, 3.63) is 11.4 Å². The standard InChI is InChI=1S/C7H10FN/c1-9-7-3-2-6(4-7)5-8/h6-7H,2-5H2.